The van der Waals surface area contributed by atoms with Gasteiger partial charge in [-0.3, -0.25) is 24.1 Å². The van der Waals surface area contributed by atoms with Crippen molar-refractivity contribution in [1.29, 1.82) is 0 Å². The van der Waals surface area contributed by atoms with E-state index in [0.717, 1.165) is 4.90 Å². The van der Waals surface area contributed by atoms with Gasteiger partial charge in [0.05, 0.1) is 30.9 Å². The molecule has 168 valence electrons. The minimum absolute atomic E-state index is 0.0262. The van der Waals surface area contributed by atoms with E-state index in [1.165, 1.54) is 12.1 Å². The smallest absolute Gasteiger partial charge is 0.319 e. The Morgan fingerprint density at radius 2 is 1.62 bits per heavy atom. The van der Waals surface area contributed by atoms with Gasteiger partial charge in [-0.1, -0.05) is 41.9 Å². The summed E-state index contributed by atoms with van der Waals surface area (Å²) in [7, 11) is 0. The summed E-state index contributed by atoms with van der Waals surface area (Å²) in [4.78, 5) is 50.8. The molecule has 3 rings (SSSR count). The number of aliphatic hydroxyl groups excluding tert-OH is 1. The Hall–Kier alpha value is -3.07. The van der Waals surface area contributed by atoms with Crippen LogP contribution < -0.4 is 0 Å². The van der Waals surface area contributed by atoms with Crippen molar-refractivity contribution >= 4 is 35.2 Å². The summed E-state index contributed by atoms with van der Waals surface area (Å²) in [6.45, 7) is 0.915. The van der Waals surface area contributed by atoms with Gasteiger partial charge in [-0.05, 0) is 25.1 Å². The third-order valence-electron chi connectivity index (χ3n) is 5.01. The van der Waals surface area contributed by atoms with Crippen LogP contribution in [0.15, 0.2) is 48.5 Å². The number of Topliss-reactive ketones (excluding diaryl/α,β-unsaturated/α-hetero) is 1. The Labute approximate surface area is 189 Å². The zero-order valence-corrected chi connectivity index (χ0v) is 18.1. The highest BCUT2D eigenvalue weighted by Gasteiger charge is 2.37. The van der Waals surface area contributed by atoms with Crippen molar-refractivity contribution in [3.63, 3.8) is 0 Å². The number of imide groups is 1. The summed E-state index contributed by atoms with van der Waals surface area (Å²) in [5.41, 5.74) is 0.851. The first-order valence-electron chi connectivity index (χ1n) is 10.0. The molecule has 1 aliphatic heterocycles. The van der Waals surface area contributed by atoms with Crippen LogP contribution in [0.2, 0.25) is 5.02 Å². The van der Waals surface area contributed by atoms with Gasteiger partial charge in [0, 0.05) is 10.6 Å². The number of aliphatic hydroxyl groups is 1. The predicted octanol–water partition coefficient (Wildman–Crippen LogP) is 2.43. The number of benzene rings is 2. The van der Waals surface area contributed by atoms with Crippen LogP contribution in [0.4, 0.5) is 0 Å². The maximum absolute atomic E-state index is 12.7. The number of fused-ring (bicyclic) bond motifs is 1. The number of ketones is 1. The van der Waals surface area contributed by atoms with Crippen molar-refractivity contribution in [3.05, 3.63) is 70.2 Å². The summed E-state index contributed by atoms with van der Waals surface area (Å²) < 4.78 is 10.3. The Kier molecular flexibility index (Phi) is 7.74. The minimum Gasteiger partial charge on any atom is -0.465 e. The largest absolute Gasteiger partial charge is 0.465 e. The average molecular weight is 460 g/mol. The van der Waals surface area contributed by atoms with E-state index in [9.17, 15) is 24.3 Å². The molecule has 0 saturated carbocycles. The molecule has 8 nitrogen and oxygen atoms in total. The SMILES string of the molecule is CCOC(=O)C(C(=O)COCCN1C(=O)c2ccccc2C1=O)C(O)c1ccccc1Cl. The van der Waals surface area contributed by atoms with Gasteiger partial charge in [0.1, 0.15) is 18.6 Å². The van der Waals surface area contributed by atoms with Gasteiger partial charge in [0.25, 0.3) is 11.8 Å². The fourth-order valence-electron chi connectivity index (χ4n) is 3.42. The first-order chi connectivity index (χ1) is 15.4. The summed E-state index contributed by atoms with van der Waals surface area (Å²) in [6, 6.07) is 12.8. The lowest BCUT2D eigenvalue weighted by Gasteiger charge is -2.21. The van der Waals surface area contributed by atoms with Crippen LogP contribution in [0, 0.1) is 5.92 Å². The molecule has 9 heteroatoms. The summed E-state index contributed by atoms with van der Waals surface area (Å²) in [5.74, 6) is -4.00. The molecule has 1 heterocycles. The Bertz CT molecular complexity index is 1000. The van der Waals surface area contributed by atoms with E-state index in [0.29, 0.717) is 11.1 Å². The molecule has 0 radical (unpaired) electrons. The number of amides is 2. The van der Waals surface area contributed by atoms with Crippen LogP contribution in [0.5, 0.6) is 0 Å². The van der Waals surface area contributed by atoms with Crippen LogP contribution in [0.25, 0.3) is 0 Å². The zero-order chi connectivity index (χ0) is 23.3. The molecule has 1 aliphatic rings. The Morgan fingerprint density at radius 1 is 1.03 bits per heavy atom. The van der Waals surface area contributed by atoms with Gasteiger partial charge in [-0.25, -0.2) is 0 Å². The number of carbonyl (C=O) groups is 4. The van der Waals surface area contributed by atoms with Crippen LogP contribution in [-0.2, 0) is 19.1 Å². The molecule has 2 aromatic rings. The summed E-state index contributed by atoms with van der Waals surface area (Å²) in [6.07, 6.45) is -1.52. The monoisotopic (exact) mass is 459 g/mol. The van der Waals surface area contributed by atoms with Gasteiger partial charge in [0.2, 0.25) is 0 Å². The Balaban J connectivity index is 1.61. The third-order valence-corrected chi connectivity index (χ3v) is 5.35. The second-order valence-corrected chi connectivity index (χ2v) is 7.43. The lowest BCUT2D eigenvalue weighted by atomic mass is 9.92. The van der Waals surface area contributed by atoms with Crippen molar-refractivity contribution in [1.82, 2.24) is 4.90 Å². The van der Waals surface area contributed by atoms with Crippen molar-refractivity contribution in [2.75, 3.05) is 26.4 Å². The van der Waals surface area contributed by atoms with Crippen LogP contribution >= 0.6 is 11.6 Å². The molecule has 0 fully saturated rings. The van der Waals surface area contributed by atoms with Crippen LogP contribution in [-0.4, -0.2) is 59.9 Å². The molecule has 0 bridgehead atoms. The van der Waals surface area contributed by atoms with Crippen LogP contribution in [0.3, 0.4) is 0 Å². The van der Waals surface area contributed by atoms with Crippen molar-refractivity contribution < 1.29 is 33.8 Å². The van der Waals surface area contributed by atoms with E-state index in [1.807, 2.05) is 0 Å². The number of halogens is 1. The van der Waals surface area contributed by atoms with Gasteiger partial charge in [-0.2, -0.15) is 0 Å². The topological polar surface area (TPSA) is 110 Å². The lowest BCUT2D eigenvalue weighted by molar-refractivity contribution is -0.157. The highest BCUT2D eigenvalue weighted by molar-refractivity contribution is 6.31. The highest BCUT2D eigenvalue weighted by atomic mass is 35.5. The van der Waals surface area contributed by atoms with Crippen molar-refractivity contribution in [3.8, 4) is 0 Å². The molecular weight excluding hydrogens is 438 g/mol. The molecule has 0 saturated heterocycles. The van der Waals surface area contributed by atoms with E-state index >= 15 is 0 Å². The number of hydrogen-bond acceptors (Lipinski definition) is 7. The number of esters is 1. The van der Waals surface area contributed by atoms with Gasteiger partial charge in [-0.15, -0.1) is 0 Å². The average Bonchev–Trinajstić information content (AvgIpc) is 3.02. The van der Waals surface area contributed by atoms with E-state index in [1.54, 1.807) is 43.3 Å². The van der Waals surface area contributed by atoms with Gasteiger partial charge in [0.15, 0.2) is 5.78 Å². The normalized spacial score (nSPS) is 14.8. The maximum Gasteiger partial charge on any atom is 0.319 e. The standard InChI is InChI=1S/C23H22ClNO7/c1-2-32-23(30)19(20(27)16-9-5-6-10-17(16)24)18(26)13-31-12-11-25-21(28)14-7-3-4-8-15(14)22(25)29/h3-10,19-20,27H,2,11-13H2,1H3. The number of nitrogens with zero attached hydrogens (tertiary/aromatic N) is 1. The molecule has 32 heavy (non-hydrogen) atoms. The predicted molar refractivity (Wildman–Crippen MR) is 114 cm³/mol. The number of rotatable bonds is 10. The third kappa shape index (κ3) is 4.88. The molecule has 2 atom stereocenters. The van der Waals surface area contributed by atoms with Gasteiger partial charge >= 0.3 is 5.97 Å². The molecule has 2 unspecified atom stereocenters. The molecule has 2 aromatic carbocycles. The highest BCUT2D eigenvalue weighted by Crippen LogP contribution is 2.30. The van der Waals surface area contributed by atoms with Crippen LogP contribution in [0.1, 0.15) is 39.3 Å². The maximum atomic E-state index is 12.7. The first-order valence-corrected chi connectivity index (χ1v) is 10.4. The van der Waals surface area contributed by atoms with Crippen molar-refractivity contribution in [2.24, 2.45) is 5.92 Å². The van der Waals surface area contributed by atoms with Gasteiger partial charge < -0.3 is 14.6 Å². The Morgan fingerprint density at radius 3 is 2.22 bits per heavy atom. The number of hydrogen-bond donors (Lipinski definition) is 1. The van der Waals surface area contributed by atoms with E-state index in [2.05, 4.69) is 0 Å². The minimum atomic E-state index is -1.53. The number of ether oxygens (including phenoxy) is 2. The fraction of sp³-hybridized carbons (Fsp3) is 0.304. The molecule has 0 spiro atoms. The molecule has 0 aromatic heterocycles. The summed E-state index contributed by atoms with van der Waals surface area (Å²) >= 11 is 6.09. The van der Waals surface area contributed by atoms with E-state index in [4.69, 9.17) is 21.1 Å². The molecule has 2 amide bonds. The molecular formula is C23H22ClNO7. The molecule has 1 N–H and O–H groups in total. The fourth-order valence-corrected chi connectivity index (χ4v) is 3.67. The first kappa shape index (κ1) is 23.6. The van der Waals surface area contributed by atoms with E-state index in [-0.39, 0.29) is 30.3 Å². The second-order valence-electron chi connectivity index (χ2n) is 7.02. The van der Waals surface area contributed by atoms with E-state index < -0.39 is 42.2 Å². The lowest BCUT2D eigenvalue weighted by Crippen LogP contribution is -2.36. The summed E-state index contributed by atoms with van der Waals surface area (Å²) in [5, 5.41) is 10.9. The second kappa shape index (κ2) is 10.5. The zero-order valence-electron chi connectivity index (χ0n) is 17.3. The quantitative estimate of drug-likeness (QED) is 0.251. The number of carbonyl (C=O) groups excluding carboxylic acids is 4. The van der Waals surface area contributed by atoms with Crippen molar-refractivity contribution in [2.45, 2.75) is 13.0 Å². The molecule has 0 aliphatic carbocycles.